The Morgan fingerprint density at radius 2 is 1.83 bits per heavy atom. The molecule has 0 atom stereocenters. The summed E-state index contributed by atoms with van der Waals surface area (Å²) in [6.07, 6.45) is 11.1. The molecule has 8 heteroatoms. The van der Waals surface area contributed by atoms with Gasteiger partial charge >= 0.3 is 0 Å². The van der Waals surface area contributed by atoms with Gasteiger partial charge in [-0.3, -0.25) is 14.3 Å². The summed E-state index contributed by atoms with van der Waals surface area (Å²) in [6, 6.07) is 3.84. The number of carbonyl (C=O) groups excluding carboxylic acids is 1. The highest BCUT2D eigenvalue weighted by molar-refractivity contribution is 7.99. The van der Waals surface area contributed by atoms with Gasteiger partial charge in [-0.2, -0.15) is 0 Å². The number of aromatic nitrogens is 4. The van der Waals surface area contributed by atoms with Gasteiger partial charge in [0.1, 0.15) is 0 Å². The van der Waals surface area contributed by atoms with Crippen molar-refractivity contribution in [1.29, 1.82) is 0 Å². The Hall–Kier alpha value is -1.93. The van der Waals surface area contributed by atoms with Crippen LogP contribution in [-0.2, 0) is 16.1 Å². The predicted octanol–water partition coefficient (Wildman–Crippen LogP) is 3.16. The maximum Gasteiger partial charge on any atom is 0.230 e. The molecule has 160 valence electrons. The minimum atomic E-state index is 0.0539. The Bertz CT molecular complexity index is 865. The summed E-state index contributed by atoms with van der Waals surface area (Å²) in [5.74, 6) is 3.73. The van der Waals surface area contributed by atoms with Crippen molar-refractivity contribution >= 4 is 17.7 Å². The van der Waals surface area contributed by atoms with Crippen molar-refractivity contribution in [3.05, 3.63) is 24.5 Å². The molecule has 0 aromatic carbocycles. The van der Waals surface area contributed by atoms with Crippen LogP contribution < -0.4 is 5.32 Å². The largest absolute Gasteiger partial charge is 0.383 e. The van der Waals surface area contributed by atoms with Crippen LogP contribution in [0.25, 0.3) is 11.4 Å². The van der Waals surface area contributed by atoms with E-state index in [0.717, 1.165) is 34.3 Å². The number of ether oxygens (including phenoxy) is 1. The third-order valence-electron chi connectivity index (χ3n) is 6.95. The Morgan fingerprint density at radius 3 is 2.47 bits per heavy atom. The van der Waals surface area contributed by atoms with Gasteiger partial charge in [0.05, 0.1) is 18.9 Å². The van der Waals surface area contributed by atoms with Crippen LogP contribution in [0.15, 0.2) is 29.7 Å². The summed E-state index contributed by atoms with van der Waals surface area (Å²) >= 11 is 1.46. The van der Waals surface area contributed by atoms with Crippen LogP contribution in [-0.4, -0.2) is 50.7 Å². The van der Waals surface area contributed by atoms with Gasteiger partial charge in [0.2, 0.25) is 5.91 Å². The molecule has 4 saturated carbocycles. The molecular weight excluding hydrogens is 398 g/mol. The number of nitrogens with zero attached hydrogens (tertiary/aromatic N) is 4. The number of pyridine rings is 1. The average molecular weight is 428 g/mol. The van der Waals surface area contributed by atoms with E-state index in [1.54, 1.807) is 19.5 Å². The van der Waals surface area contributed by atoms with Gasteiger partial charge in [-0.1, -0.05) is 11.8 Å². The van der Waals surface area contributed by atoms with E-state index in [1.165, 1.54) is 50.3 Å². The lowest BCUT2D eigenvalue weighted by Crippen LogP contribution is -2.60. The van der Waals surface area contributed by atoms with Gasteiger partial charge in [0.15, 0.2) is 11.0 Å². The summed E-state index contributed by atoms with van der Waals surface area (Å²) in [4.78, 5) is 17.0. The van der Waals surface area contributed by atoms with Crippen molar-refractivity contribution in [2.75, 3.05) is 19.5 Å². The first-order valence-electron chi connectivity index (χ1n) is 10.9. The van der Waals surface area contributed by atoms with Crippen molar-refractivity contribution in [2.45, 2.75) is 55.8 Å². The second kappa shape index (κ2) is 8.30. The highest BCUT2D eigenvalue weighted by Crippen LogP contribution is 2.55. The maximum atomic E-state index is 12.9. The normalized spacial score (nSPS) is 29.3. The molecule has 7 nitrogen and oxygen atoms in total. The SMILES string of the molecule is COCCn1c(SCC(=O)NC23CC4CC(CC(C4)C2)C3)nnc1-c1ccncc1. The molecule has 1 N–H and O–H groups in total. The zero-order valence-corrected chi connectivity index (χ0v) is 18.2. The summed E-state index contributed by atoms with van der Waals surface area (Å²) in [5.41, 5.74) is 1.01. The third kappa shape index (κ3) is 3.99. The topological polar surface area (TPSA) is 81.9 Å². The number of carbonyl (C=O) groups is 1. The minimum Gasteiger partial charge on any atom is -0.383 e. The molecule has 1 amide bonds. The van der Waals surface area contributed by atoms with Crippen LogP contribution in [0.4, 0.5) is 0 Å². The van der Waals surface area contributed by atoms with Crippen molar-refractivity contribution in [1.82, 2.24) is 25.1 Å². The van der Waals surface area contributed by atoms with Gasteiger partial charge in [-0.05, 0) is 68.4 Å². The fourth-order valence-corrected chi connectivity index (χ4v) is 6.98. The molecule has 4 bridgehead atoms. The summed E-state index contributed by atoms with van der Waals surface area (Å²) < 4.78 is 7.30. The summed E-state index contributed by atoms with van der Waals surface area (Å²) in [6.45, 7) is 1.20. The smallest absolute Gasteiger partial charge is 0.230 e. The van der Waals surface area contributed by atoms with E-state index in [4.69, 9.17) is 4.74 Å². The first kappa shape index (κ1) is 20.0. The highest BCUT2D eigenvalue weighted by atomic mass is 32.2. The quantitative estimate of drug-likeness (QED) is 0.652. The van der Waals surface area contributed by atoms with Gasteiger partial charge in [0.25, 0.3) is 0 Å². The molecule has 4 fully saturated rings. The maximum absolute atomic E-state index is 12.9. The number of nitrogens with one attached hydrogen (secondary N) is 1. The zero-order chi connectivity index (χ0) is 20.6. The number of hydrogen-bond acceptors (Lipinski definition) is 6. The summed E-state index contributed by atoms with van der Waals surface area (Å²) in [7, 11) is 1.68. The van der Waals surface area contributed by atoms with Crippen LogP contribution in [0.2, 0.25) is 0 Å². The number of hydrogen-bond donors (Lipinski definition) is 1. The van der Waals surface area contributed by atoms with Gasteiger partial charge < -0.3 is 10.1 Å². The number of amides is 1. The molecule has 2 aromatic rings. The number of rotatable bonds is 8. The molecule has 4 aliphatic carbocycles. The Kier molecular flexibility index (Phi) is 5.54. The number of methoxy groups -OCH3 is 1. The van der Waals surface area contributed by atoms with Crippen LogP contribution in [0, 0.1) is 17.8 Å². The molecule has 30 heavy (non-hydrogen) atoms. The highest BCUT2D eigenvalue weighted by Gasteiger charge is 2.51. The van der Waals surface area contributed by atoms with Crippen molar-refractivity contribution < 1.29 is 9.53 Å². The third-order valence-corrected chi connectivity index (χ3v) is 7.92. The molecule has 0 saturated heterocycles. The van der Waals surface area contributed by atoms with E-state index in [-0.39, 0.29) is 11.4 Å². The standard InChI is InChI=1S/C22H29N5O2S/c1-29-7-6-27-20(18-2-4-23-5-3-18)25-26-21(27)30-14-19(28)24-22-11-15-8-16(12-22)10-17(9-15)13-22/h2-5,15-17H,6-14H2,1H3,(H,24,28). The second-order valence-corrected chi connectivity index (χ2v) is 10.2. The molecule has 6 rings (SSSR count). The molecule has 0 radical (unpaired) electrons. The van der Waals surface area contributed by atoms with Crippen LogP contribution >= 0.6 is 11.8 Å². The lowest BCUT2D eigenvalue weighted by Gasteiger charge is -2.56. The van der Waals surface area contributed by atoms with Crippen molar-refractivity contribution in [2.24, 2.45) is 17.8 Å². The van der Waals surface area contributed by atoms with Crippen LogP contribution in [0.3, 0.4) is 0 Å². The fourth-order valence-electron chi connectivity index (χ4n) is 6.22. The summed E-state index contributed by atoms with van der Waals surface area (Å²) in [5, 5.41) is 12.9. The van der Waals surface area contributed by atoms with Crippen molar-refractivity contribution in [3.8, 4) is 11.4 Å². The van der Waals surface area contributed by atoms with Crippen LogP contribution in [0.1, 0.15) is 38.5 Å². The predicted molar refractivity (Wildman–Crippen MR) is 115 cm³/mol. The Morgan fingerprint density at radius 1 is 1.17 bits per heavy atom. The van der Waals surface area contributed by atoms with E-state index in [2.05, 4.69) is 20.5 Å². The van der Waals surface area contributed by atoms with Gasteiger partial charge in [0, 0.05) is 30.6 Å². The monoisotopic (exact) mass is 427 g/mol. The molecule has 0 spiro atoms. The Balaban J connectivity index is 1.26. The van der Waals surface area contributed by atoms with Crippen molar-refractivity contribution in [3.63, 3.8) is 0 Å². The second-order valence-electron chi connectivity index (χ2n) is 9.22. The van der Waals surface area contributed by atoms with E-state index < -0.39 is 0 Å². The zero-order valence-electron chi connectivity index (χ0n) is 17.4. The minimum absolute atomic E-state index is 0.0539. The first-order chi connectivity index (χ1) is 14.6. The average Bonchev–Trinajstić information content (AvgIpc) is 3.12. The van der Waals surface area contributed by atoms with Crippen LogP contribution in [0.5, 0.6) is 0 Å². The lowest BCUT2D eigenvalue weighted by atomic mass is 9.53. The molecule has 0 unspecified atom stereocenters. The Labute approximate surface area is 181 Å². The molecule has 2 heterocycles. The van der Waals surface area contributed by atoms with E-state index >= 15 is 0 Å². The molecule has 4 aliphatic rings. The molecule has 0 aliphatic heterocycles. The fraction of sp³-hybridized carbons (Fsp3) is 0.636. The van der Waals surface area contributed by atoms with E-state index in [0.29, 0.717) is 18.9 Å². The van der Waals surface area contributed by atoms with E-state index in [1.807, 2.05) is 16.7 Å². The first-order valence-corrected chi connectivity index (χ1v) is 11.9. The molecule has 2 aromatic heterocycles. The number of thioether (sulfide) groups is 1. The van der Waals surface area contributed by atoms with Gasteiger partial charge in [-0.15, -0.1) is 10.2 Å². The van der Waals surface area contributed by atoms with Gasteiger partial charge in [-0.25, -0.2) is 0 Å². The molecular formula is C22H29N5O2S. The lowest BCUT2D eigenvalue weighted by molar-refractivity contribution is -0.124. The van der Waals surface area contributed by atoms with E-state index in [9.17, 15) is 4.79 Å².